The Labute approximate surface area is 186 Å². The summed E-state index contributed by atoms with van der Waals surface area (Å²) in [4.78, 5) is 13.3. The molecule has 1 amide bonds. The topological polar surface area (TPSA) is 75.7 Å². The van der Waals surface area contributed by atoms with Crippen LogP contribution in [0.2, 0.25) is 0 Å². The van der Waals surface area contributed by atoms with Crippen LogP contribution < -0.4 is 14.4 Å². The fourth-order valence-corrected chi connectivity index (χ4v) is 4.80. The zero-order chi connectivity index (χ0) is 23.2. The Hall–Kier alpha value is -2.54. The molecule has 7 heteroatoms. The zero-order valence-electron chi connectivity index (χ0n) is 19.3. The average molecular weight is 447 g/mol. The van der Waals surface area contributed by atoms with E-state index in [1.165, 1.54) is 9.87 Å². The monoisotopic (exact) mass is 446 g/mol. The van der Waals surface area contributed by atoms with Crippen molar-refractivity contribution < 1.29 is 17.9 Å². The second-order valence-electron chi connectivity index (χ2n) is 7.72. The van der Waals surface area contributed by atoms with Crippen LogP contribution in [0.4, 0.5) is 5.69 Å². The summed E-state index contributed by atoms with van der Waals surface area (Å²) in [6.07, 6.45) is 2.17. The Morgan fingerprint density at radius 2 is 1.65 bits per heavy atom. The van der Waals surface area contributed by atoms with Crippen molar-refractivity contribution in [2.75, 3.05) is 17.2 Å². The first-order valence-electron chi connectivity index (χ1n) is 10.7. The summed E-state index contributed by atoms with van der Waals surface area (Å²) < 4.78 is 32.0. The molecule has 2 aromatic carbocycles. The molecule has 0 aliphatic rings. The minimum Gasteiger partial charge on any atom is -0.494 e. The maximum atomic E-state index is 13.3. The molecule has 2 atom stereocenters. The van der Waals surface area contributed by atoms with E-state index in [4.69, 9.17) is 4.74 Å². The molecule has 170 valence electrons. The molecule has 0 aromatic heterocycles. The van der Waals surface area contributed by atoms with Gasteiger partial charge in [0.25, 0.3) is 0 Å². The van der Waals surface area contributed by atoms with Gasteiger partial charge in [0.15, 0.2) is 0 Å². The molecule has 0 bridgehead atoms. The van der Waals surface area contributed by atoms with Crippen LogP contribution in [0.3, 0.4) is 0 Å². The lowest BCUT2D eigenvalue weighted by Gasteiger charge is -2.31. The Bertz CT molecular complexity index is 987. The largest absolute Gasteiger partial charge is 0.494 e. The van der Waals surface area contributed by atoms with Gasteiger partial charge in [-0.1, -0.05) is 32.0 Å². The van der Waals surface area contributed by atoms with E-state index in [1.807, 2.05) is 46.8 Å². The molecule has 1 N–H and O–H groups in total. The lowest BCUT2D eigenvalue weighted by molar-refractivity contribution is -0.123. The van der Waals surface area contributed by atoms with Crippen molar-refractivity contribution in [2.24, 2.45) is 0 Å². The molecular formula is C24H34N2O4S. The molecule has 0 spiro atoms. The quantitative estimate of drug-likeness (QED) is 0.582. The van der Waals surface area contributed by atoms with Gasteiger partial charge in [-0.25, -0.2) is 8.42 Å². The number of aryl methyl sites for hydroxylation is 2. The van der Waals surface area contributed by atoms with E-state index >= 15 is 0 Å². The Morgan fingerprint density at radius 3 is 2.13 bits per heavy atom. The molecule has 0 aliphatic carbocycles. The highest BCUT2D eigenvalue weighted by Crippen LogP contribution is 2.26. The van der Waals surface area contributed by atoms with Crippen molar-refractivity contribution in [1.29, 1.82) is 0 Å². The lowest BCUT2D eigenvalue weighted by Crippen LogP contribution is -2.50. The van der Waals surface area contributed by atoms with Gasteiger partial charge in [-0.3, -0.25) is 9.10 Å². The maximum Gasteiger partial charge on any atom is 0.244 e. The van der Waals surface area contributed by atoms with Crippen LogP contribution in [0.1, 0.15) is 56.3 Å². The van der Waals surface area contributed by atoms with Gasteiger partial charge in [0.05, 0.1) is 24.6 Å². The van der Waals surface area contributed by atoms with E-state index in [2.05, 4.69) is 11.4 Å². The van der Waals surface area contributed by atoms with E-state index in [9.17, 15) is 13.2 Å². The summed E-state index contributed by atoms with van der Waals surface area (Å²) >= 11 is 0. The molecule has 31 heavy (non-hydrogen) atoms. The second kappa shape index (κ2) is 10.7. The molecule has 0 aliphatic heterocycles. The van der Waals surface area contributed by atoms with Crippen molar-refractivity contribution in [3.8, 4) is 5.75 Å². The van der Waals surface area contributed by atoms with Gasteiger partial charge < -0.3 is 10.1 Å². The van der Waals surface area contributed by atoms with E-state index in [1.54, 1.807) is 24.3 Å². The van der Waals surface area contributed by atoms with E-state index in [-0.39, 0.29) is 11.9 Å². The molecular weight excluding hydrogens is 412 g/mol. The lowest BCUT2D eigenvalue weighted by atomic mass is 9.99. The van der Waals surface area contributed by atoms with Gasteiger partial charge in [0.2, 0.25) is 15.9 Å². The predicted octanol–water partition coefficient (Wildman–Crippen LogP) is 4.51. The van der Waals surface area contributed by atoms with Gasteiger partial charge in [-0.2, -0.15) is 0 Å². The summed E-state index contributed by atoms with van der Waals surface area (Å²) in [5, 5.41) is 3.06. The SMILES string of the molecule is CCOc1ccc(N([C@@H](CC)C(=O)N[C@H](CC)c2ccc(C)c(C)c2)S(C)(=O)=O)cc1. The molecule has 0 saturated carbocycles. The number of ether oxygens (including phenoxy) is 1. The number of sulfonamides is 1. The summed E-state index contributed by atoms with van der Waals surface area (Å²) in [7, 11) is -3.69. The third-order valence-electron chi connectivity index (χ3n) is 5.39. The van der Waals surface area contributed by atoms with Crippen LogP contribution in [0.5, 0.6) is 5.75 Å². The number of rotatable bonds is 10. The van der Waals surface area contributed by atoms with Crippen molar-refractivity contribution in [1.82, 2.24) is 5.32 Å². The summed E-state index contributed by atoms with van der Waals surface area (Å²) in [6, 6.07) is 11.8. The van der Waals surface area contributed by atoms with Crippen molar-refractivity contribution in [3.05, 3.63) is 59.2 Å². The van der Waals surface area contributed by atoms with Crippen molar-refractivity contribution >= 4 is 21.6 Å². The smallest absolute Gasteiger partial charge is 0.244 e. The number of carbonyl (C=O) groups is 1. The number of anilines is 1. The van der Waals surface area contributed by atoms with Gasteiger partial charge in [-0.05, 0) is 74.6 Å². The van der Waals surface area contributed by atoms with Crippen LogP contribution in [-0.2, 0) is 14.8 Å². The average Bonchev–Trinajstić information content (AvgIpc) is 2.72. The summed E-state index contributed by atoms with van der Waals surface area (Å²) in [6.45, 7) is 10.3. The van der Waals surface area contributed by atoms with Gasteiger partial charge in [0, 0.05) is 0 Å². The van der Waals surface area contributed by atoms with Crippen molar-refractivity contribution in [2.45, 2.75) is 59.5 Å². The highest BCUT2D eigenvalue weighted by Gasteiger charge is 2.32. The Kier molecular flexibility index (Phi) is 8.51. The maximum absolute atomic E-state index is 13.3. The van der Waals surface area contributed by atoms with E-state index < -0.39 is 16.1 Å². The van der Waals surface area contributed by atoms with Crippen LogP contribution in [-0.4, -0.2) is 33.2 Å². The summed E-state index contributed by atoms with van der Waals surface area (Å²) in [5.41, 5.74) is 3.80. The van der Waals surface area contributed by atoms with Crippen LogP contribution in [0.25, 0.3) is 0 Å². The molecule has 0 heterocycles. The number of nitrogens with zero attached hydrogens (tertiary/aromatic N) is 1. The highest BCUT2D eigenvalue weighted by atomic mass is 32.2. The molecule has 2 aromatic rings. The van der Waals surface area contributed by atoms with E-state index in [0.717, 1.165) is 17.4 Å². The summed E-state index contributed by atoms with van der Waals surface area (Å²) in [5.74, 6) is 0.338. The fourth-order valence-electron chi connectivity index (χ4n) is 3.59. The molecule has 0 radical (unpaired) electrons. The molecule has 0 unspecified atom stereocenters. The first-order chi connectivity index (χ1) is 14.6. The van der Waals surface area contributed by atoms with E-state index in [0.29, 0.717) is 30.9 Å². The number of hydrogen-bond donors (Lipinski definition) is 1. The Morgan fingerprint density at radius 1 is 1.00 bits per heavy atom. The highest BCUT2D eigenvalue weighted by molar-refractivity contribution is 7.92. The van der Waals surface area contributed by atoms with Crippen LogP contribution in [0, 0.1) is 13.8 Å². The van der Waals surface area contributed by atoms with Gasteiger partial charge in [-0.15, -0.1) is 0 Å². The number of hydrogen-bond acceptors (Lipinski definition) is 4. The van der Waals surface area contributed by atoms with Crippen LogP contribution in [0.15, 0.2) is 42.5 Å². The number of carbonyl (C=O) groups excluding carboxylic acids is 1. The number of nitrogens with one attached hydrogen (secondary N) is 1. The fraction of sp³-hybridized carbons (Fsp3) is 0.458. The van der Waals surface area contributed by atoms with Crippen molar-refractivity contribution in [3.63, 3.8) is 0 Å². The second-order valence-corrected chi connectivity index (χ2v) is 9.58. The normalized spacial score (nSPS) is 13.4. The minimum absolute atomic E-state index is 0.192. The predicted molar refractivity (Wildman–Crippen MR) is 126 cm³/mol. The minimum atomic E-state index is -3.69. The first kappa shape index (κ1) is 24.7. The molecule has 0 saturated heterocycles. The molecule has 6 nitrogen and oxygen atoms in total. The standard InChI is InChI=1S/C24H34N2O4S/c1-7-22(19-11-10-17(4)18(5)16-19)25-24(27)23(8-2)26(31(6,28)29)20-12-14-21(15-13-20)30-9-3/h10-16,22-23H,7-9H2,1-6H3,(H,25,27)/t22-,23+/m1/s1. The Balaban J connectivity index is 2.33. The first-order valence-corrected chi connectivity index (χ1v) is 12.6. The number of amides is 1. The zero-order valence-corrected chi connectivity index (χ0v) is 20.1. The third kappa shape index (κ3) is 6.23. The number of benzene rings is 2. The molecule has 0 fully saturated rings. The van der Waals surface area contributed by atoms with Gasteiger partial charge >= 0.3 is 0 Å². The molecule has 2 rings (SSSR count). The third-order valence-corrected chi connectivity index (χ3v) is 6.57. The van der Waals surface area contributed by atoms with Crippen LogP contribution >= 0.6 is 0 Å². The van der Waals surface area contributed by atoms with Gasteiger partial charge in [0.1, 0.15) is 11.8 Å².